The molecule has 1 fully saturated rings. The molecule has 1 saturated heterocycles. The van der Waals surface area contributed by atoms with E-state index in [0.29, 0.717) is 12.1 Å². The van der Waals surface area contributed by atoms with Crippen LogP contribution in [0.1, 0.15) is 19.8 Å². The number of rotatable bonds is 3. The van der Waals surface area contributed by atoms with E-state index in [9.17, 15) is 0 Å². The second-order valence-electron chi connectivity index (χ2n) is 4.93. The van der Waals surface area contributed by atoms with Gasteiger partial charge >= 0.3 is 0 Å². The Kier molecular flexibility index (Phi) is 5.03. The first-order valence-electron chi connectivity index (χ1n) is 6.57. The van der Waals surface area contributed by atoms with Gasteiger partial charge in [-0.05, 0) is 50.6 Å². The van der Waals surface area contributed by atoms with E-state index in [1.165, 1.54) is 5.69 Å². The molecule has 0 aromatic heterocycles. The van der Waals surface area contributed by atoms with Gasteiger partial charge in [0.25, 0.3) is 0 Å². The van der Waals surface area contributed by atoms with Crippen LogP contribution in [0.4, 0.5) is 5.69 Å². The van der Waals surface area contributed by atoms with Gasteiger partial charge in [-0.25, -0.2) is 0 Å². The van der Waals surface area contributed by atoms with Crippen molar-refractivity contribution in [2.45, 2.75) is 31.8 Å². The standard InChI is InChI=1S/C14H21BrN2O/c1-11-6-8-16-13(7-9-18)10-17(11)14-4-2-12(15)3-5-14/h2-5,11,13,16,18H,6-10H2,1H3. The summed E-state index contributed by atoms with van der Waals surface area (Å²) in [6, 6.07) is 9.39. The second kappa shape index (κ2) is 6.55. The topological polar surface area (TPSA) is 35.5 Å². The number of nitrogens with one attached hydrogen (secondary N) is 1. The van der Waals surface area contributed by atoms with Crippen molar-refractivity contribution in [2.75, 3.05) is 24.6 Å². The summed E-state index contributed by atoms with van der Waals surface area (Å²) in [5.41, 5.74) is 1.26. The van der Waals surface area contributed by atoms with Crippen LogP contribution in [-0.4, -0.2) is 36.9 Å². The Balaban J connectivity index is 2.14. The Bertz CT molecular complexity index is 369. The molecule has 0 bridgehead atoms. The van der Waals surface area contributed by atoms with Crippen molar-refractivity contribution in [2.24, 2.45) is 0 Å². The summed E-state index contributed by atoms with van der Waals surface area (Å²) in [6.45, 7) is 4.51. The Morgan fingerprint density at radius 2 is 2.11 bits per heavy atom. The number of aliphatic hydroxyl groups is 1. The Morgan fingerprint density at radius 1 is 1.39 bits per heavy atom. The number of halogens is 1. The zero-order valence-electron chi connectivity index (χ0n) is 10.8. The van der Waals surface area contributed by atoms with Gasteiger partial charge in [-0.2, -0.15) is 0 Å². The van der Waals surface area contributed by atoms with Gasteiger partial charge in [0.2, 0.25) is 0 Å². The average Bonchev–Trinajstić information content (AvgIpc) is 2.53. The molecule has 1 heterocycles. The summed E-state index contributed by atoms with van der Waals surface area (Å²) in [5.74, 6) is 0. The van der Waals surface area contributed by atoms with Crippen LogP contribution < -0.4 is 10.2 Å². The smallest absolute Gasteiger partial charge is 0.0446 e. The van der Waals surface area contributed by atoms with Crippen molar-refractivity contribution >= 4 is 21.6 Å². The predicted molar refractivity (Wildman–Crippen MR) is 79.1 cm³/mol. The largest absolute Gasteiger partial charge is 0.396 e. The summed E-state index contributed by atoms with van der Waals surface area (Å²) in [4.78, 5) is 2.44. The average molecular weight is 313 g/mol. The first-order chi connectivity index (χ1) is 8.70. The van der Waals surface area contributed by atoms with Crippen LogP contribution in [-0.2, 0) is 0 Å². The van der Waals surface area contributed by atoms with Crippen molar-refractivity contribution < 1.29 is 5.11 Å². The van der Waals surface area contributed by atoms with Crippen molar-refractivity contribution in [3.8, 4) is 0 Å². The summed E-state index contributed by atoms with van der Waals surface area (Å²) in [6.07, 6.45) is 1.96. The van der Waals surface area contributed by atoms with Gasteiger partial charge in [-0.1, -0.05) is 15.9 Å². The highest BCUT2D eigenvalue weighted by Crippen LogP contribution is 2.23. The maximum absolute atomic E-state index is 9.10. The number of nitrogens with zero attached hydrogens (tertiary/aromatic N) is 1. The summed E-state index contributed by atoms with van der Waals surface area (Å²) in [7, 11) is 0. The Labute approximate surface area is 117 Å². The maximum atomic E-state index is 9.10. The molecule has 2 N–H and O–H groups in total. The fourth-order valence-electron chi connectivity index (χ4n) is 2.48. The Morgan fingerprint density at radius 3 is 2.78 bits per heavy atom. The van der Waals surface area contributed by atoms with Gasteiger partial charge in [-0.15, -0.1) is 0 Å². The van der Waals surface area contributed by atoms with Crippen molar-refractivity contribution in [1.82, 2.24) is 5.32 Å². The lowest BCUT2D eigenvalue weighted by atomic mass is 10.1. The van der Waals surface area contributed by atoms with Gasteiger partial charge in [0.1, 0.15) is 0 Å². The molecule has 1 aliphatic rings. The molecule has 0 aliphatic carbocycles. The maximum Gasteiger partial charge on any atom is 0.0446 e. The molecule has 0 radical (unpaired) electrons. The number of aliphatic hydroxyl groups excluding tert-OH is 1. The van der Waals surface area contributed by atoms with E-state index in [4.69, 9.17) is 5.11 Å². The minimum absolute atomic E-state index is 0.250. The van der Waals surface area contributed by atoms with Gasteiger partial charge in [0, 0.05) is 35.4 Å². The van der Waals surface area contributed by atoms with Crippen LogP contribution in [0.2, 0.25) is 0 Å². The quantitative estimate of drug-likeness (QED) is 0.899. The highest BCUT2D eigenvalue weighted by molar-refractivity contribution is 9.10. The highest BCUT2D eigenvalue weighted by Gasteiger charge is 2.22. The zero-order chi connectivity index (χ0) is 13.0. The lowest BCUT2D eigenvalue weighted by Gasteiger charge is -2.31. The van der Waals surface area contributed by atoms with Crippen molar-refractivity contribution in [3.05, 3.63) is 28.7 Å². The molecule has 0 amide bonds. The summed E-state index contributed by atoms with van der Waals surface area (Å²) in [5, 5.41) is 12.6. The van der Waals surface area contributed by atoms with E-state index in [-0.39, 0.29) is 6.61 Å². The summed E-state index contributed by atoms with van der Waals surface area (Å²) >= 11 is 3.47. The molecule has 2 atom stereocenters. The van der Waals surface area contributed by atoms with E-state index >= 15 is 0 Å². The first kappa shape index (κ1) is 13.8. The number of benzene rings is 1. The van der Waals surface area contributed by atoms with Gasteiger partial charge in [0.15, 0.2) is 0 Å². The first-order valence-corrected chi connectivity index (χ1v) is 7.36. The molecular weight excluding hydrogens is 292 g/mol. The molecule has 0 spiro atoms. The molecule has 1 aliphatic heterocycles. The number of hydrogen-bond donors (Lipinski definition) is 2. The highest BCUT2D eigenvalue weighted by atomic mass is 79.9. The van der Waals surface area contributed by atoms with E-state index in [1.54, 1.807) is 0 Å². The van der Waals surface area contributed by atoms with Crippen LogP contribution in [0.25, 0.3) is 0 Å². The van der Waals surface area contributed by atoms with E-state index in [2.05, 4.69) is 57.3 Å². The molecular formula is C14H21BrN2O. The predicted octanol–water partition coefficient (Wildman–Crippen LogP) is 2.39. The van der Waals surface area contributed by atoms with Gasteiger partial charge in [0.05, 0.1) is 0 Å². The fourth-order valence-corrected chi connectivity index (χ4v) is 2.74. The molecule has 2 unspecified atom stereocenters. The van der Waals surface area contributed by atoms with Crippen LogP contribution in [0.3, 0.4) is 0 Å². The van der Waals surface area contributed by atoms with Gasteiger partial charge < -0.3 is 15.3 Å². The van der Waals surface area contributed by atoms with E-state index in [0.717, 1.165) is 30.4 Å². The van der Waals surface area contributed by atoms with E-state index in [1.807, 2.05) is 0 Å². The van der Waals surface area contributed by atoms with E-state index < -0.39 is 0 Å². The molecule has 4 heteroatoms. The third-order valence-corrected chi connectivity index (χ3v) is 4.11. The van der Waals surface area contributed by atoms with Gasteiger partial charge in [-0.3, -0.25) is 0 Å². The third kappa shape index (κ3) is 3.46. The third-order valence-electron chi connectivity index (χ3n) is 3.58. The molecule has 0 saturated carbocycles. The van der Waals surface area contributed by atoms with Crippen LogP contribution in [0.15, 0.2) is 28.7 Å². The lowest BCUT2D eigenvalue weighted by Crippen LogP contribution is -2.40. The second-order valence-corrected chi connectivity index (χ2v) is 5.85. The minimum atomic E-state index is 0.250. The monoisotopic (exact) mass is 312 g/mol. The van der Waals surface area contributed by atoms with Crippen molar-refractivity contribution in [1.29, 1.82) is 0 Å². The molecule has 1 aromatic rings. The van der Waals surface area contributed by atoms with Crippen LogP contribution >= 0.6 is 15.9 Å². The lowest BCUT2D eigenvalue weighted by molar-refractivity contribution is 0.267. The summed E-state index contributed by atoms with van der Waals surface area (Å²) < 4.78 is 1.11. The normalized spacial score (nSPS) is 24.9. The SMILES string of the molecule is CC1CCNC(CCO)CN1c1ccc(Br)cc1. The zero-order valence-corrected chi connectivity index (χ0v) is 12.4. The van der Waals surface area contributed by atoms with Crippen LogP contribution in [0.5, 0.6) is 0 Å². The molecule has 2 rings (SSSR count). The molecule has 100 valence electrons. The van der Waals surface area contributed by atoms with Crippen LogP contribution in [0, 0.1) is 0 Å². The minimum Gasteiger partial charge on any atom is -0.396 e. The molecule has 18 heavy (non-hydrogen) atoms. The molecule has 1 aromatic carbocycles. The molecule has 3 nitrogen and oxygen atoms in total. The fraction of sp³-hybridized carbons (Fsp3) is 0.571. The number of anilines is 1. The Hall–Kier alpha value is -0.580. The number of hydrogen-bond acceptors (Lipinski definition) is 3. The van der Waals surface area contributed by atoms with Crippen molar-refractivity contribution in [3.63, 3.8) is 0 Å².